The van der Waals surface area contributed by atoms with Crippen LogP contribution in [0.15, 0.2) is 59.9 Å². The highest BCUT2D eigenvalue weighted by Gasteiger charge is 2.23. The number of H-pyrrole nitrogens is 1. The number of benzene rings is 2. The van der Waals surface area contributed by atoms with E-state index in [9.17, 15) is 8.42 Å². The highest BCUT2D eigenvalue weighted by molar-refractivity contribution is 7.90. The minimum absolute atomic E-state index is 0.279. The molecule has 1 aliphatic heterocycles. The molecule has 4 rings (SSSR count). The normalized spacial score (nSPS) is 17.2. The number of likely N-dealkylation sites (N-methyl/N-ethyl adjacent to an activating group) is 1. The standard InChI is InChI=1S/C22H26N4O3S/c1-26-11-3-4-18(26)13-16-12-17(25-22-14-23-15-24-22)5-10-21(16)29-19-6-8-20(9-7-19)30(2,27)28/h5-10,12,14-15,18,25H,3-4,11,13H2,1-2H3,(H,23,24). The number of rotatable bonds is 7. The molecule has 1 atom stereocenters. The number of imidazole rings is 1. The number of sulfone groups is 1. The Bertz CT molecular complexity index is 1100. The summed E-state index contributed by atoms with van der Waals surface area (Å²) in [7, 11) is -1.07. The van der Waals surface area contributed by atoms with Crippen LogP contribution in [-0.4, -0.2) is 49.2 Å². The van der Waals surface area contributed by atoms with E-state index in [4.69, 9.17) is 4.74 Å². The lowest BCUT2D eigenvalue weighted by Crippen LogP contribution is -2.27. The van der Waals surface area contributed by atoms with Crippen molar-refractivity contribution in [1.29, 1.82) is 0 Å². The Kier molecular flexibility index (Phi) is 5.78. The van der Waals surface area contributed by atoms with E-state index in [2.05, 4.69) is 33.3 Å². The minimum atomic E-state index is -3.23. The van der Waals surface area contributed by atoms with E-state index in [-0.39, 0.29) is 4.90 Å². The maximum absolute atomic E-state index is 11.7. The molecule has 1 aliphatic rings. The molecular formula is C22H26N4O3S. The maximum Gasteiger partial charge on any atom is 0.175 e. The molecule has 2 heterocycles. The van der Waals surface area contributed by atoms with Crippen molar-refractivity contribution in [2.45, 2.75) is 30.2 Å². The van der Waals surface area contributed by atoms with Crippen molar-refractivity contribution >= 4 is 21.3 Å². The van der Waals surface area contributed by atoms with E-state index in [1.54, 1.807) is 36.8 Å². The summed E-state index contributed by atoms with van der Waals surface area (Å²) >= 11 is 0. The first-order valence-electron chi connectivity index (χ1n) is 9.95. The monoisotopic (exact) mass is 426 g/mol. The zero-order chi connectivity index (χ0) is 21.1. The van der Waals surface area contributed by atoms with Crippen LogP contribution in [0, 0.1) is 0 Å². The number of hydrogen-bond donors (Lipinski definition) is 2. The first-order chi connectivity index (χ1) is 14.4. The third kappa shape index (κ3) is 4.83. The van der Waals surface area contributed by atoms with E-state index in [0.29, 0.717) is 11.8 Å². The van der Waals surface area contributed by atoms with Crippen molar-refractivity contribution in [3.8, 4) is 11.5 Å². The zero-order valence-electron chi connectivity index (χ0n) is 17.1. The summed E-state index contributed by atoms with van der Waals surface area (Å²) in [6.07, 6.45) is 7.88. The summed E-state index contributed by atoms with van der Waals surface area (Å²) in [4.78, 5) is 9.83. The molecule has 0 bridgehead atoms. The zero-order valence-corrected chi connectivity index (χ0v) is 17.9. The molecule has 2 N–H and O–H groups in total. The minimum Gasteiger partial charge on any atom is -0.457 e. The predicted molar refractivity (Wildman–Crippen MR) is 117 cm³/mol. The molecule has 1 unspecified atom stereocenters. The molecule has 0 spiro atoms. The van der Waals surface area contributed by atoms with Gasteiger partial charge in [0.1, 0.15) is 17.3 Å². The Morgan fingerprint density at radius 2 is 2.03 bits per heavy atom. The number of nitrogens with one attached hydrogen (secondary N) is 2. The summed E-state index contributed by atoms with van der Waals surface area (Å²) in [6, 6.07) is 13.0. The van der Waals surface area contributed by atoms with Gasteiger partial charge in [0.15, 0.2) is 9.84 Å². The van der Waals surface area contributed by atoms with Gasteiger partial charge in [0.2, 0.25) is 0 Å². The molecule has 3 aromatic rings. The van der Waals surface area contributed by atoms with Crippen molar-refractivity contribution in [3.63, 3.8) is 0 Å². The van der Waals surface area contributed by atoms with Crippen LogP contribution in [0.5, 0.6) is 11.5 Å². The topological polar surface area (TPSA) is 87.3 Å². The molecule has 158 valence electrons. The second-order valence-electron chi connectivity index (χ2n) is 7.73. The molecule has 1 saturated heterocycles. The van der Waals surface area contributed by atoms with E-state index < -0.39 is 9.84 Å². The van der Waals surface area contributed by atoms with Crippen LogP contribution < -0.4 is 10.1 Å². The van der Waals surface area contributed by atoms with E-state index in [1.165, 1.54) is 12.7 Å². The van der Waals surface area contributed by atoms with Crippen LogP contribution in [0.25, 0.3) is 0 Å². The molecule has 7 nitrogen and oxygen atoms in total. The third-order valence-electron chi connectivity index (χ3n) is 5.44. The molecule has 0 radical (unpaired) electrons. The van der Waals surface area contributed by atoms with Gasteiger partial charge in [-0.15, -0.1) is 0 Å². The van der Waals surface area contributed by atoms with Gasteiger partial charge in [-0.05, 0) is 80.9 Å². The second-order valence-corrected chi connectivity index (χ2v) is 9.74. The molecule has 0 aliphatic carbocycles. The van der Waals surface area contributed by atoms with Crippen LogP contribution in [0.1, 0.15) is 18.4 Å². The van der Waals surface area contributed by atoms with Crippen molar-refractivity contribution in [3.05, 3.63) is 60.6 Å². The lowest BCUT2D eigenvalue weighted by molar-refractivity contribution is 0.307. The van der Waals surface area contributed by atoms with Gasteiger partial charge in [-0.25, -0.2) is 13.4 Å². The van der Waals surface area contributed by atoms with Gasteiger partial charge >= 0.3 is 0 Å². The lowest BCUT2D eigenvalue weighted by Gasteiger charge is -2.21. The van der Waals surface area contributed by atoms with E-state index in [0.717, 1.165) is 42.2 Å². The molecule has 0 amide bonds. The summed E-state index contributed by atoms with van der Waals surface area (Å²) in [5.74, 6) is 2.13. The smallest absolute Gasteiger partial charge is 0.175 e. The Morgan fingerprint density at radius 1 is 1.23 bits per heavy atom. The number of nitrogens with zero attached hydrogens (tertiary/aromatic N) is 2. The molecule has 1 aromatic heterocycles. The van der Waals surface area contributed by atoms with Gasteiger partial charge < -0.3 is 19.9 Å². The van der Waals surface area contributed by atoms with Crippen molar-refractivity contribution < 1.29 is 13.2 Å². The summed E-state index contributed by atoms with van der Waals surface area (Å²) in [6.45, 7) is 1.11. The average Bonchev–Trinajstić information content (AvgIpc) is 3.36. The molecule has 2 aromatic carbocycles. The third-order valence-corrected chi connectivity index (χ3v) is 6.57. The van der Waals surface area contributed by atoms with E-state index in [1.807, 2.05) is 12.1 Å². The summed E-state index contributed by atoms with van der Waals surface area (Å²) in [5, 5.41) is 3.30. The quantitative estimate of drug-likeness (QED) is 0.594. The van der Waals surface area contributed by atoms with Crippen LogP contribution in [0.4, 0.5) is 11.5 Å². The van der Waals surface area contributed by atoms with Crippen LogP contribution >= 0.6 is 0 Å². The van der Waals surface area contributed by atoms with Gasteiger partial charge in [0.25, 0.3) is 0 Å². The largest absolute Gasteiger partial charge is 0.457 e. The Morgan fingerprint density at radius 3 is 2.67 bits per heavy atom. The second kappa shape index (κ2) is 8.49. The first-order valence-corrected chi connectivity index (χ1v) is 11.8. The fourth-order valence-electron chi connectivity index (χ4n) is 3.77. The van der Waals surface area contributed by atoms with Crippen LogP contribution in [0.2, 0.25) is 0 Å². The van der Waals surface area contributed by atoms with Gasteiger partial charge in [-0.3, -0.25) is 0 Å². The van der Waals surface area contributed by atoms with Gasteiger partial charge in [0, 0.05) is 24.2 Å². The fraction of sp³-hybridized carbons (Fsp3) is 0.318. The van der Waals surface area contributed by atoms with Gasteiger partial charge in [0.05, 0.1) is 11.2 Å². The maximum atomic E-state index is 11.7. The number of likely N-dealkylation sites (tertiary alicyclic amines) is 1. The predicted octanol–water partition coefficient (Wildman–Crippen LogP) is 3.99. The van der Waals surface area contributed by atoms with Crippen molar-refractivity contribution in [1.82, 2.24) is 14.9 Å². The van der Waals surface area contributed by atoms with Gasteiger partial charge in [-0.2, -0.15) is 0 Å². The van der Waals surface area contributed by atoms with Crippen LogP contribution in [0.3, 0.4) is 0 Å². The van der Waals surface area contributed by atoms with E-state index >= 15 is 0 Å². The SMILES string of the molecule is CN1CCCC1Cc1cc(Nc2c[nH]cn2)ccc1Oc1ccc(S(C)(=O)=O)cc1. The molecule has 30 heavy (non-hydrogen) atoms. The highest BCUT2D eigenvalue weighted by Crippen LogP contribution is 2.32. The fourth-order valence-corrected chi connectivity index (χ4v) is 4.40. The molecule has 0 saturated carbocycles. The number of aromatic nitrogens is 2. The lowest BCUT2D eigenvalue weighted by atomic mass is 10.0. The number of anilines is 2. The summed E-state index contributed by atoms with van der Waals surface area (Å²) in [5.41, 5.74) is 2.04. The average molecular weight is 427 g/mol. The van der Waals surface area contributed by atoms with Crippen LogP contribution in [-0.2, 0) is 16.3 Å². The van der Waals surface area contributed by atoms with Crippen molar-refractivity contribution in [2.75, 3.05) is 25.2 Å². The molecular weight excluding hydrogens is 400 g/mol. The van der Waals surface area contributed by atoms with Gasteiger partial charge in [-0.1, -0.05) is 0 Å². The number of aromatic amines is 1. The number of hydrogen-bond acceptors (Lipinski definition) is 6. The Hall–Kier alpha value is -2.84. The Labute approximate surface area is 177 Å². The van der Waals surface area contributed by atoms with Crippen molar-refractivity contribution in [2.24, 2.45) is 0 Å². The Balaban J connectivity index is 1.60. The number of ether oxygens (including phenoxy) is 1. The highest BCUT2D eigenvalue weighted by atomic mass is 32.2. The molecule has 8 heteroatoms. The molecule has 1 fully saturated rings. The summed E-state index contributed by atoms with van der Waals surface area (Å²) < 4.78 is 29.5. The first kappa shape index (κ1) is 20.4.